The van der Waals surface area contributed by atoms with Gasteiger partial charge in [0, 0.05) is 25.1 Å². The van der Waals surface area contributed by atoms with E-state index in [9.17, 15) is 13.2 Å². The highest BCUT2D eigenvalue weighted by Gasteiger charge is 2.35. The molecular weight excluding hydrogens is 277 g/mol. The molecule has 2 aromatic rings. The summed E-state index contributed by atoms with van der Waals surface area (Å²) in [6, 6.07) is 0. The quantitative estimate of drug-likeness (QED) is 0.936. The van der Waals surface area contributed by atoms with Crippen LogP contribution in [0.2, 0.25) is 0 Å². The van der Waals surface area contributed by atoms with Crippen molar-refractivity contribution in [3.8, 4) is 10.6 Å². The van der Waals surface area contributed by atoms with Gasteiger partial charge in [0.2, 0.25) is 0 Å². The van der Waals surface area contributed by atoms with Crippen LogP contribution in [-0.4, -0.2) is 21.5 Å². The minimum Gasteiger partial charge on any atom is -0.368 e. The number of hydrogen-bond donors (Lipinski definition) is 1. The van der Waals surface area contributed by atoms with Crippen LogP contribution in [0.15, 0.2) is 18.6 Å². The van der Waals surface area contributed by atoms with Crippen LogP contribution in [0.5, 0.6) is 0 Å². The summed E-state index contributed by atoms with van der Waals surface area (Å²) < 4.78 is 37.5. The molecule has 0 aromatic carbocycles. The maximum Gasteiger partial charge on any atom is 0.443 e. The smallest absolute Gasteiger partial charge is 0.368 e. The Morgan fingerprint density at radius 2 is 1.95 bits per heavy atom. The highest BCUT2D eigenvalue weighted by molar-refractivity contribution is 7.15. The number of aromatic nitrogens is 3. The fraction of sp³-hybridized carbons (Fsp3) is 0.364. The number of halogens is 3. The number of hydrogen-bond acceptors (Lipinski definition) is 5. The number of rotatable bonds is 4. The topological polar surface area (TPSA) is 50.7 Å². The third-order valence-corrected chi connectivity index (χ3v) is 3.27. The maximum absolute atomic E-state index is 12.5. The van der Waals surface area contributed by atoms with Crippen LogP contribution in [0.1, 0.15) is 18.4 Å². The number of nitrogens with one attached hydrogen (secondary N) is 1. The highest BCUT2D eigenvalue weighted by atomic mass is 32.1. The van der Waals surface area contributed by atoms with Gasteiger partial charge in [-0.25, -0.2) is 15.0 Å². The molecule has 0 atom stereocenters. The van der Waals surface area contributed by atoms with Crippen molar-refractivity contribution < 1.29 is 13.2 Å². The monoisotopic (exact) mass is 288 g/mol. The predicted octanol–water partition coefficient (Wildman–Crippen LogP) is 3.44. The number of anilines is 1. The molecule has 0 amide bonds. The van der Waals surface area contributed by atoms with E-state index in [1.54, 1.807) is 0 Å². The highest BCUT2D eigenvalue weighted by Crippen LogP contribution is 2.37. The maximum atomic E-state index is 12.5. The van der Waals surface area contributed by atoms with Gasteiger partial charge in [-0.15, -0.1) is 11.3 Å². The second-order valence-corrected chi connectivity index (χ2v) is 4.74. The molecule has 4 nitrogen and oxygen atoms in total. The molecule has 0 fully saturated rings. The molecule has 0 aliphatic carbocycles. The van der Waals surface area contributed by atoms with Crippen LogP contribution in [0.3, 0.4) is 0 Å². The van der Waals surface area contributed by atoms with Gasteiger partial charge in [0.15, 0.2) is 10.8 Å². The van der Waals surface area contributed by atoms with Gasteiger partial charge < -0.3 is 5.32 Å². The molecule has 8 heteroatoms. The summed E-state index contributed by atoms with van der Waals surface area (Å²) >= 11 is 0.562. The summed E-state index contributed by atoms with van der Waals surface area (Å²) in [5.74, 6) is 0.474. The normalized spacial score (nSPS) is 11.6. The molecule has 2 aromatic heterocycles. The van der Waals surface area contributed by atoms with Gasteiger partial charge in [-0.2, -0.15) is 13.2 Å². The molecule has 1 N–H and O–H groups in total. The van der Waals surface area contributed by atoms with Gasteiger partial charge in [0.05, 0.1) is 4.88 Å². The average molecular weight is 288 g/mol. The molecule has 19 heavy (non-hydrogen) atoms. The standard InChI is InChI=1S/C11H11F3N4S/c1-2-3-16-9-8(15-4-5-17-9)7-6-18-10(19-7)11(12,13)14/h4-6H,2-3H2,1H3,(H,16,17). The van der Waals surface area contributed by atoms with E-state index in [1.165, 1.54) is 18.6 Å². The van der Waals surface area contributed by atoms with Gasteiger partial charge >= 0.3 is 6.18 Å². The Morgan fingerprint density at radius 3 is 2.58 bits per heavy atom. The molecule has 0 aliphatic rings. The van der Waals surface area contributed by atoms with Gasteiger partial charge in [-0.3, -0.25) is 0 Å². The molecular formula is C11H11F3N4S. The molecule has 2 rings (SSSR count). The van der Waals surface area contributed by atoms with Gasteiger partial charge in [-0.1, -0.05) is 6.92 Å². The summed E-state index contributed by atoms with van der Waals surface area (Å²) in [6.07, 6.45) is 0.565. The van der Waals surface area contributed by atoms with Gasteiger partial charge in [0.25, 0.3) is 0 Å². The molecule has 102 valence electrons. The zero-order valence-corrected chi connectivity index (χ0v) is 10.8. The van der Waals surface area contributed by atoms with Crippen molar-refractivity contribution in [1.29, 1.82) is 0 Å². The molecule has 0 spiro atoms. The summed E-state index contributed by atoms with van der Waals surface area (Å²) in [5.41, 5.74) is 0.393. The zero-order valence-electron chi connectivity index (χ0n) is 10.0. The zero-order chi connectivity index (χ0) is 13.9. The van der Waals surface area contributed by atoms with E-state index >= 15 is 0 Å². The number of thiazole rings is 1. The molecule has 0 radical (unpaired) electrons. The molecule has 0 bridgehead atoms. The lowest BCUT2D eigenvalue weighted by molar-refractivity contribution is -0.137. The van der Waals surface area contributed by atoms with Crippen molar-refractivity contribution >= 4 is 17.2 Å². The first-order chi connectivity index (χ1) is 9.02. The minimum absolute atomic E-state index is 0.346. The second-order valence-electron chi connectivity index (χ2n) is 3.71. The van der Waals surface area contributed by atoms with Gasteiger partial charge in [-0.05, 0) is 6.42 Å². The number of nitrogens with zero attached hydrogens (tertiary/aromatic N) is 3. The Labute approximate surface area is 111 Å². The lowest BCUT2D eigenvalue weighted by Crippen LogP contribution is -2.04. The lowest BCUT2D eigenvalue weighted by atomic mass is 10.3. The summed E-state index contributed by atoms with van der Waals surface area (Å²) in [7, 11) is 0. The van der Waals surface area contributed by atoms with Crippen molar-refractivity contribution in [1.82, 2.24) is 15.0 Å². The summed E-state index contributed by atoms with van der Waals surface area (Å²) in [6.45, 7) is 2.66. The summed E-state index contributed by atoms with van der Waals surface area (Å²) in [5, 5.41) is 2.15. The fourth-order valence-electron chi connectivity index (χ4n) is 1.41. The largest absolute Gasteiger partial charge is 0.443 e. The molecule has 0 saturated heterocycles. The van der Waals surface area contributed by atoms with Crippen LogP contribution in [0.4, 0.5) is 19.0 Å². The van der Waals surface area contributed by atoms with E-state index in [1.807, 2.05) is 6.92 Å². The van der Waals surface area contributed by atoms with Crippen LogP contribution >= 0.6 is 11.3 Å². The van der Waals surface area contributed by atoms with Crippen LogP contribution in [0.25, 0.3) is 10.6 Å². The Hall–Kier alpha value is -1.70. The third kappa shape index (κ3) is 3.19. The Balaban J connectivity index is 2.33. The lowest BCUT2D eigenvalue weighted by Gasteiger charge is -2.06. The van der Waals surface area contributed by atoms with Crippen molar-refractivity contribution in [2.75, 3.05) is 11.9 Å². The Kier molecular flexibility index (Phi) is 3.98. The molecule has 2 heterocycles. The van der Waals surface area contributed by atoms with Crippen LogP contribution in [-0.2, 0) is 6.18 Å². The van der Waals surface area contributed by atoms with Crippen LogP contribution in [0, 0.1) is 0 Å². The first kappa shape index (κ1) is 13.7. The SMILES string of the molecule is CCCNc1nccnc1-c1cnc(C(F)(F)F)s1. The second kappa shape index (κ2) is 5.52. The third-order valence-electron chi connectivity index (χ3n) is 2.22. The fourth-order valence-corrected chi connectivity index (χ4v) is 2.19. The molecule has 0 aliphatic heterocycles. The van der Waals surface area contributed by atoms with E-state index in [4.69, 9.17) is 0 Å². The first-order valence-electron chi connectivity index (χ1n) is 5.60. The van der Waals surface area contributed by atoms with Crippen molar-refractivity contribution in [2.45, 2.75) is 19.5 Å². The van der Waals surface area contributed by atoms with Crippen LogP contribution < -0.4 is 5.32 Å². The van der Waals surface area contributed by atoms with Crippen molar-refractivity contribution in [3.63, 3.8) is 0 Å². The van der Waals surface area contributed by atoms with Crippen molar-refractivity contribution in [2.24, 2.45) is 0 Å². The Morgan fingerprint density at radius 1 is 1.21 bits per heavy atom. The summed E-state index contributed by atoms with van der Waals surface area (Å²) in [4.78, 5) is 11.9. The Bertz CT molecular complexity index is 553. The van der Waals surface area contributed by atoms with E-state index in [0.717, 1.165) is 6.42 Å². The minimum atomic E-state index is -4.43. The van der Waals surface area contributed by atoms with E-state index in [2.05, 4.69) is 20.3 Å². The first-order valence-corrected chi connectivity index (χ1v) is 6.42. The number of alkyl halides is 3. The molecule has 0 unspecified atom stereocenters. The van der Waals surface area contributed by atoms with Crippen molar-refractivity contribution in [3.05, 3.63) is 23.6 Å². The van der Waals surface area contributed by atoms with Gasteiger partial charge in [0.1, 0.15) is 5.69 Å². The molecule has 0 saturated carbocycles. The van der Waals surface area contributed by atoms with E-state index in [-0.39, 0.29) is 0 Å². The van der Waals surface area contributed by atoms with E-state index in [0.29, 0.717) is 34.3 Å². The average Bonchev–Trinajstić information content (AvgIpc) is 2.86. The van der Waals surface area contributed by atoms with E-state index < -0.39 is 11.2 Å². The predicted molar refractivity (Wildman–Crippen MR) is 66.9 cm³/mol.